The third-order valence-electron chi connectivity index (χ3n) is 8.22. The minimum atomic E-state index is -0.0488. The zero-order chi connectivity index (χ0) is 20.2. The summed E-state index contributed by atoms with van der Waals surface area (Å²) in [6.45, 7) is 2.53. The fraction of sp³-hybridized carbons (Fsp3) is 0.708. The SMILES string of the molecule is COc1ccc(C2CN(C(=O)C34CC5CC(CC(C5)C3)C4)CCN2C)cc1OC. The van der Waals surface area contributed by atoms with Gasteiger partial charge in [0.1, 0.15) is 0 Å². The summed E-state index contributed by atoms with van der Waals surface area (Å²) >= 11 is 0. The van der Waals surface area contributed by atoms with Crippen molar-refractivity contribution < 1.29 is 14.3 Å². The van der Waals surface area contributed by atoms with Crippen LogP contribution in [0.15, 0.2) is 18.2 Å². The van der Waals surface area contributed by atoms with Crippen LogP contribution in [0.3, 0.4) is 0 Å². The van der Waals surface area contributed by atoms with Crippen LogP contribution in [0.25, 0.3) is 0 Å². The Hall–Kier alpha value is -1.75. The van der Waals surface area contributed by atoms with E-state index in [4.69, 9.17) is 9.47 Å². The number of carbonyl (C=O) groups is 1. The average molecular weight is 399 g/mol. The molecule has 1 heterocycles. The molecule has 4 bridgehead atoms. The molecule has 1 atom stereocenters. The Balaban J connectivity index is 1.37. The molecule has 0 radical (unpaired) electrons. The third kappa shape index (κ3) is 3.22. The van der Waals surface area contributed by atoms with Crippen molar-refractivity contribution >= 4 is 5.91 Å². The number of ether oxygens (including phenoxy) is 2. The Morgan fingerprint density at radius 2 is 1.59 bits per heavy atom. The number of methoxy groups -OCH3 is 2. The van der Waals surface area contributed by atoms with Gasteiger partial charge < -0.3 is 14.4 Å². The van der Waals surface area contributed by atoms with Crippen LogP contribution in [0.4, 0.5) is 0 Å². The molecule has 5 fully saturated rings. The van der Waals surface area contributed by atoms with E-state index < -0.39 is 0 Å². The van der Waals surface area contributed by atoms with Crippen LogP contribution >= 0.6 is 0 Å². The molecular weight excluding hydrogens is 364 g/mol. The molecule has 1 aromatic carbocycles. The molecule has 0 spiro atoms. The number of benzene rings is 1. The number of likely N-dealkylation sites (N-methyl/N-ethyl adjacent to an activating group) is 1. The fourth-order valence-corrected chi connectivity index (χ4v) is 7.19. The van der Waals surface area contributed by atoms with E-state index in [9.17, 15) is 4.79 Å². The number of hydrogen-bond acceptors (Lipinski definition) is 4. The lowest BCUT2D eigenvalue weighted by Gasteiger charge is -2.57. The van der Waals surface area contributed by atoms with Crippen molar-refractivity contribution in [1.82, 2.24) is 9.80 Å². The van der Waals surface area contributed by atoms with Gasteiger partial charge in [-0.05, 0) is 81.0 Å². The highest BCUT2D eigenvalue weighted by Crippen LogP contribution is 2.60. The van der Waals surface area contributed by atoms with Crippen LogP contribution < -0.4 is 9.47 Å². The van der Waals surface area contributed by atoms with Gasteiger partial charge in [0.15, 0.2) is 11.5 Å². The Morgan fingerprint density at radius 3 is 2.17 bits per heavy atom. The molecule has 1 aromatic rings. The standard InChI is InChI=1S/C24H34N2O3/c1-25-6-7-26(15-20(25)19-4-5-21(28-2)22(11-19)29-3)23(27)24-12-16-8-17(13-24)10-18(9-16)14-24/h4-5,11,16-18,20H,6-10,12-15H2,1-3H3. The minimum absolute atomic E-state index is 0.0488. The van der Waals surface area contributed by atoms with Gasteiger partial charge in [0, 0.05) is 19.6 Å². The van der Waals surface area contributed by atoms with Crippen LogP contribution in [0.1, 0.15) is 50.1 Å². The molecule has 0 N–H and O–H groups in total. The highest BCUT2D eigenvalue weighted by atomic mass is 16.5. The number of carbonyl (C=O) groups excluding carboxylic acids is 1. The lowest BCUT2D eigenvalue weighted by atomic mass is 9.49. The molecule has 1 saturated heterocycles. The van der Waals surface area contributed by atoms with Gasteiger partial charge in [0.2, 0.25) is 5.91 Å². The van der Waals surface area contributed by atoms with Gasteiger partial charge in [-0.15, -0.1) is 0 Å². The predicted molar refractivity (Wildman–Crippen MR) is 112 cm³/mol. The fourth-order valence-electron chi connectivity index (χ4n) is 7.19. The number of amides is 1. The highest BCUT2D eigenvalue weighted by Gasteiger charge is 2.55. The molecule has 5 nitrogen and oxygen atoms in total. The Morgan fingerprint density at radius 1 is 0.966 bits per heavy atom. The summed E-state index contributed by atoms with van der Waals surface area (Å²) in [5.41, 5.74) is 1.14. The molecule has 1 amide bonds. The molecule has 5 aliphatic rings. The second-order valence-corrected chi connectivity index (χ2v) is 10.1. The monoisotopic (exact) mass is 398 g/mol. The third-order valence-corrected chi connectivity index (χ3v) is 8.22. The van der Waals surface area contributed by atoms with E-state index in [1.54, 1.807) is 14.2 Å². The first-order chi connectivity index (χ1) is 14.0. The first kappa shape index (κ1) is 19.2. The molecule has 4 aliphatic carbocycles. The van der Waals surface area contributed by atoms with E-state index in [-0.39, 0.29) is 11.5 Å². The molecule has 5 heteroatoms. The summed E-state index contributed by atoms with van der Waals surface area (Å²) in [4.78, 5) is 18.4. The average Bonchev–Trinajstić information content (AvgIpc) is 2.72. The molecule has 29 heavy (non-hydrogen) atoms. The lowest BCUT2D eigenvalue weighted by molar-refractivity contribution is -0.160. The van der Waals surface area contributed by atoms with Crippen molar-refractivity contribution in [1.29, 1.82) is 0 Å². The summed E-state index contributed by atoms with van der Waals surface area (Å²) in [5.74, 6) is 4.37. The first-order valence-electron chi connectivity index (χ1n) is 11.2. The van der Waals surface area contributed by atoms with Crippen LogP contribution in [-0.2, 0) is 4.79 Å². The van der Waals surface area contributed by atoms with E-state index in [0.29, 0.717) is 5.91 Å². The molecule has 6 rings (SSSR count). The smallest absolute Gasteiger partial charge is 0.228 e. The van der Waals surface area contributed by atoms with Crippen molar-refractivity contribution in [2.24, 2.45) is 23.2 Å². The summed E-state index contributed by atoms with van der Waals surface area (Å²) in [5, 5.41) is 0. The molecule has 1 aliphatic heterocycles. The topological polar surface area (TPSA) is 42.0 Å². The van der Waals surface area contributed by atoms with Crippen LogP contribution in [0.2, 0.25) is 0 Å². The maximum absolute atomic E-state index is 13.8. The highest BCUT2D eigenvalue weighted by molar-refractivity contribution is 5.83. The van der Waals surface area contributed by atoms with Crippen molar-refractivity contribution in [3.05, 3.63) is 23.8 Å². The van der Waals surface area contributed by atoms with Gasteiger partial charge in [0.05, 0.1) is 25.7 Å². The van der Waals surface area contributed by atoms with Crippen molar-refractivity contribution in [3.8, 4) is 11.5 Å². The van der Waals surface area contributed by atoms with Crippen LogP contribution in [0, 0.1) is 23.2 Å². The summed E-state index contributed by atoms with van der Waals surface area (Å²) < 4.78 is 10.9. The number of rotatable bonds is 4. The van der Waals surface area contributed by atoms with Gasteiger partial charge in [-0.3, -0.25) is 9.69 Å². The molecule has 0 aromatic heterocycles. The summed E-state index contributed by atoms with van der Waals surface area (Å²) in [7, 11) is 5.50. The van der Waals surface area contributed by atoms with E-state index in [1.807, 2.05) is 6.07 Å². The number of hydrogen-bond donors (Lipinski definition) is 0. The molecule has 1 unspecified atom stereocenters. The Kier molecular flexibility index (Phi) is 4.77. The second-order valence-electron chi connectivity index (χ2n) is 10.1. The van der Waals surface area contributed by atoms with Crippen LogP contribution in [-0.4, -0.2) is 56.6 Å². The molecular formula is C24H34N2O3. The zero-order valence-corrected chi connectivity index (χ0v) is 18.0. The largest absolute Gasteiger partial charge is 0.493 e. The van der Waals surface area contributed by atoms with Gasteiger partial charge in [-0.1, -0.05) is 6.07 Å². The Bertz CT molecular complexity index is 757. The van der Waals surface area contributed by atoms with Gasteiger partial charge >= 0.3 is 0 Å². The molecule has 4 saturated carbocycles. The van der Waals surface area contributed by atoms with Crippen molar-refractivity contribution in [3.63, 3.8) is 0 Å². The van der Waals surface area contributed by atoms with Gasteiger partial charge in [-0.25, -0.2) is 0 Å². The van der Waals surface area contributed by atoms with E-state index in [2.05, 4.69) is 29.0 Å². The van der Waals surface area contributed by atoms with Crippen molar-refractivity contribution in [2.45, 2.75) is 44.6 Å². The maximum Gasteiger partial charge on any atom is 0.228 e. The first-order valence-corrected chi connectivity index (χ1v) is 11.2. The quantitative estimate of drug-likeness (QED) is 0.775. The zero-order valence-electron chi connectivity index (χ0n) is 18.0. The number of piperazine rings is 1. The second kappa shape index (κ2) is 7.19. The summed E-state index contributed by atoms with van der Waals surface area (Å²) in [6, 6.07) is 6.35. The summed E-state index contributed by atoms with van der Waals surface area (Å²) in [6.07, 6.45) is 7.57. The van der Waals surface area contributed by atoms with E-state index in [1.165, 1.54) is 24.8 Å². The minimum Gasteiger partial charge on any atom is -0.493 e. The maximum atomic E-state index is 13.8. The van der Waals surface area contributed by atoms with E-state index >= 15 is 0 Å². The van der Waals surface area contributed by atoms with Gasteiger partial charge in [-0.2, -0.15) is 0 Å². The normalized spacial score (nSPS) is 36.3. The van der Waals surface area contributed by atoms with E-state index in [0.717, 1.165) is 68.1 Å². The number of nitrogens with zero attached hydrogens (tertiary/aromatic N) is 2. The van der Waals surface area contributed by atoms with Crippen LogP contribution in [0.5, 0.6) is 11.5 Å². The van der Waals surface area contributed by atoms with Crippen molar-refractivity contribution in [2.75, 3.05) is 40.9 Å². The van der Waals surface area contributed by atoms with Gasteiger partial charge in [0.25, 0.3) is 0 Å². The predicted octanol–water partition coefficient (Wildman–Crippen LogP) is 3.74. The lowest BCUT2D eigenvalue weighted by Crippen LogP contribution is -2.58. The molecule has 158 valence electrons. The Labute approximate surface area is 174 Å².